The third-order valence-corrected chi connectivity index (χ3v) is 4.27. The van der Waals surface area contributed by atoms with Crippen molar-refractivity contribution in [2.24, 2.45) is 17.1 Å². The number of amides is 1. The molecule has 0 aromatic rings. The third kappa shape index (κ3) is 5.23. The summed E-state index contributed by atoms with van der Waals surface area (Å²) in [4.78, 5) is 11.9. The molecule has 0 saturated heterocycles. The van der Waals surface area contributed by atoms with Gasteiger partial charge in [-0.15, -0.1) is 12.4 Å². The van der Waals surface area contributed by atoms with Crippen molar-refractivity contribution in [2.75, 3.05) is 13.2 Å². The van der Waals surface area contributed by atoms with E-state index in [4.69, 9.17) is 10.5 Å². The highest BCUT2D eigenvalue weighted by atomic mass is 35.5. The van der Waals surface area contributed by atoms with Gasteiger partial charge in [0, 0.05) is 24.5 Å². The molecular formula is C15H31ClN2O2. The van der Waals surface area contributed by atoms with Crippen molar-refractivity contribution in [3.05, 3.63) is 0 Å². The van der Waals surface area contributed by atoms with Crippen LogP contribution >= 0.6 is 12.4 Å². The molecule has 1 rings (SSSR count). The zero-order chi connectivity index (χ0) is 14.5. The third-order valence-electron chi connectivity index (χ3n) is 4.27. The molecule has 3 unspecified atom stereocenters. The normalized spacial score (nSPS) is 25.2. The zero-order valence-corrected chi connectivity index (χ0v) is 14.1. The molecule has 20 heavy (non-hydrogen) atoms. The predicted octanol–water partition coefficient (Wildman–Crippen LogP) is 2.49. The van der Waals surface area contributed by atoms with Gasteiger partial charge >= 0.3 is 0 Å². The van der Waals surface area contributed by atoms with Gasteiger partial charge in [-0.3, -0.25) is 4.79 Å². The van der Waals surface area contributed by atoms with E-state index in [0.29, 0.717) is 13.0 Å². The average Bonchev–Trinajstić information content (AvgIpc) is 2.36. The minimum absolute atomic E-state index is 0. The van der Waals surface area contributed by atoms with Crippen molar-refractivity contribution >= 4 is 18.3 Å². The van der Waals surface area contributed by atoms with E-state index < -0.39 is 0 Å². The van der Waals surface area contributed by atoms with Crippen LogP contribution < -0.4 is 11.1 Å². The van der Waals surface area contributed by atoms with Gasteiger partial charge in [0.2, 0.25) is 5.91 Å². The van der Waals surface area contributed by atoms with E-state index in [0.717, 1.165) is 25.9 Å². The molecule has 1 saturated carbocycles. The van der Waals surface area contributed by atoms with E-state index in [-0.39, 0.29) is 41.8 Å². The monoisotopic (exact) mass is 306 g/mol. The first-order chi connectivity index (χ1) is 8.91. The standard InChI is InChI=1S/C15H30N2O2.ClH/c1-5-6-7-19-13-9-12(15(13,3)4)17-14(18)8-11(2)10-16;/h11-13H,5-10,16H2,1-4H3,(H,17,18);1H. The number of carbonyl (C=O) groups is 1. The van der Waals surface area contributed by atoms with Gasteiger partial charge in [0.05, 0.1) is 6.10 Å². The second-order valence-corrected chi connectivity index (χ2v) is 6.44. The summed E-state index contributed by atoms with van der Waals surface area (Å²) in [6.45, 7) is 9.90. The second-order valence-electron chi connectivity index (χ2n) is 6.44. The van der Waals surface area contributed by atoms with Crippen LogP contribution in [0.5, 0.6) is 0 Å². The smallest absolute Gasteiger partial charge is 0.220 e. The first kappa shape index (κ1) is 19.7. The summed E-state index contributed by atoms with van der Waals surface area (Å²) in [5, 5.41) is 3.12. The van der Waals surface area contributed by atoms with Gasteiger partial charge < -0.3 is 15.8 Å². The second kappa shape index (κ2) is 8.85. The fourth-order valence-corrected chi connectivity index (χ4v) is 2.44. The van der Waals surface area contributed by atoms with Gasteiger partial charge in [-0.2, -0.15) is 0 Å². The van der Waals surface area contributed by atoms with Crippen molar-refractivity contribution in [3.63, 3.8) is 0 Å². The van der Waals surface area contributed by atoms with E-state index in [1.54, 1.807) is 0 Å². The fraction of sp³-hybridized carbons (Fsp3) is 0.933. The van der Waals surface area contributed by atoms with Gasteiger partial charge in [-0.05, 0) is 25.3 Å². The Morgan fingerprint density at radius 3 is 2.65 bits per heavy atom. The van der Waals surface area contributed by atoms with Crippen molar-refractivity contribution in [1.29, 1.82) is 0 Å². The lowest BCUT2D eigenvalue weighted by Gasteiger charge is -2.51. The molecule has 3 N–H and O–H groups in total. The molecule has 0 spiro atoms. The van der Waals surface area contributed by atoms with Crippen LogP contribution in [0.2, 0.25) is 0 Å². The number of hydrogen-bond acceptors (Lipinski definition) is 3. The maximum Gasteiger partial charge on any atom is 0.220 e. The van der Waals surface area contributed by atoms with Gasteiger partial charge in [-0.25, -0.2) is 0 Å². The molecule has 1 aliphatic carbocycles. The Kier molecular flexibility index (Phi) is 8.71. The summed E-state index contributed by atoms with van der Waals surface area (Å²) in [5.74, 6) is 0.364. The van der Waals surface area contributed by atoms with Gasteiger partial charge in [-0.1, -0.05) is 34.1 Å². The number of nitrogens with one attached hydrogen (secondary N) is 1. The molecule has 5 heteroatoms. The van der Waals surface area contributed by atoms with Gasteiger partial charge in [0.1, 0.15) is 0 Å². The average molecular weight is 307 g/mol. The summed E-state index contributed by atoms with van der Waals surface area (Å²) >= 11 is 0. The van der Waals surface area contributed by atoms with Crippen LogP contribution in [0.15, 0.2) is 0 Å². The number of carbonyl (C=O) groups excluding carboxylic acids is 1. The highest BCUT2D eigenvalue weighted by molar-refractivity contribution is 5.85. The number of nitrogens with two attached hydrogens (primary N) is 1. The predicted molar refractivity (Wildman–Crippen MR) is 85.1 cm³/mol. The number of hydrogen-bond donors (Lipinski definition) is 2. The zero-order valence-electron chi connectivity index (χ0n) is 13.3. The molecular weight excluding hydrogens is 276 g/mol. The van der Waals surface area contributed by atoms with Gasteiger partial charge in [0.15, 0.2) is 0 Å². The molecule has 0 heterocycles. The maximum absolute atomic E-state index is 11.9. The lowest BCUT2D eigenvalue weighted by Crippen LogP contribution is -2.62. The van der Waals surface area contributed by atoms with Crippen LogP contribution in [-0.4, -0.2) is 31.2 Å². The molecule has 0 bridgehead atoms. The van der Waals surface area contributed by atoms with Crippen molar-refractivity contribution < 1.29 is 9.53 Å². The van der Waals surface area contributed by atoms with Crippen LogP contribution in [0.25, 0.3) is 0 Å². The fourth-order valence-electron chi connectivity index (χ4n) is 2.44. The maximum atomic E-state index is 11.9. The molecule has 3 atom stereocenters. The van der Waals surface area contributed by atoms with Crippen molar-refractivity contribution in [2.45, 2.75) is 65.5 Å². The van der Waals surface area contributed by atoms with E-state index in [2.05, 4.69) is 26.1 Å². The van der Waals surface area contributed by atoms with E-state index >= 15 is 0 Å². The molecule has 0 aromatic carbocycles. The number of rotatable bonds is 8. The molecule has 4 nitrogen and oxygen atoms in total. The summed E-state index contributed by atoms with van der Waals surface area (Å²) in [6, 6.07) is 0.233. The Balaban J connectivity index is 0.00000361. The van der Waals surface area contributed by atoms with E-state index in [9.17, 15) is 4.79 Å². The largest absolute Gasteiger partial charge is 0.378 e. The molecule has 1 amide bonds. The minimum atomic E-state index is 0. The molecule has 0 aromatic heterocycles. The quantitative estimate of drug-likeness (QED) is 0.677. The van der Waals surface area contributed by atoms with E-state index in [1.165, 1.54) is 0 Å². The first-order valence-corrected chi connectivity index (χ1v) is 7.52. The Labute approximate surface area is 129 Å². The summed E-state index contributed by atoms with van der Waals surface area (Å²) in [5.41, 5.74) is 5.58. The highest BCUT2D eigenvalue weighted by Gasteiger charge is 2.49. The first-order valence-electron chi connectivity index (χ1n) is 7.52. The lowest BCUT2D eigenvalue weighted by molar-refractivity contribution is -0.138. The Hall–Kier alpha value is -0.320. The Morgan fingerprint density at radius 1 is 1.50 bits per heavy atom. The SMILES string of the molecule is CCCCOC1CC(NC(=O)CC(C)CN)C1(C)C.Cl. The summed E-state index contributed by atoms with van der Waals surface area (Å²) in [7, 11) is 0. The molecule has 1 aliphatic rings. The van der Waals surface area contributed by atoms with Gasteiger partial charge in [0.25, 0.3) is 0 Å². The Morgan fingerprint density at radius 2 is 2.15 bits per heavy atom. The van der Waals surface area contributed by atoms with Crippen LogP contribution in [0.4, 0.5) is 0 Å². The number of halogens is 1. The molecule has 1 fully saturated rings. The van der Waals surface area contributed by atoms with Crippen LogP contribution in [0.1, 0.15) is 53.4 Å². The van der Waals surface area contributed by atoms with Crippen LogP contribution in [0, 0.1) is 11.3 Å². The summed E-state index contributed by atoms with van der Waals surface area (Å²) in [6.07, 6.45) is 3.99. The molecule has 0 radical (unpaired) electrons. The van der Waals surface area contributed by atoms with Crippen LogP contribution in [-0.2, 0) is 9.53 Å². The van der Waals surface area contributed by atoms with Crippen molar-refractivity contribution in [1.82, 2.24) is 5.32 Å². The Bertz CT molecular complexity index is 298. The lowest BCUT2D eigenvalue weighted by atomic mass is 9.64. The highest BCUT2D eigenvalue weighted by Crippen LogP contribution is 2.42. The van der Waals surface area contributed by atoms with E-state index in [1.807, 2.05) is 6.92 Å². The topological polar surface area (TPSA) is 64.3 Å². The number of unbranched alkanes of at least 4 members (excludes halogenated alkanes) is 1. The van der Waals surface area contributed by atoms with Crippen LogP contribution in [0.3, 0.4) is 0 Å². The number of ether oxygens (including phenoxy) is 1. The minimum Gasteiger partial charge on any atom is -0.378 e. The molecule has 0 aliphatic heterocycles. The summed E-state index contributed by atoms with van der Waals surface area (Å²) < 4.78 is 5.88. The van der Waals surface area contributed by atoms with Crippen molar-refractivity contribution in [3.8, 4) is 0 Å². The molecule has 120 valence electrons.